The molecule has 92 valence electrons. The highest BCUT2D eigenvalue weighted by Crippen LogP contribution is 2.23. The van der Waals surface area contributed by atoms with Crippen LogP contribution < -0.4 is 9.47 Å². The van der Waals surface area contributed by atoms with E-state index < -0.39 is 5.91 Å². The first-order valence-corrected chi connectivity index (χ1v) is 4.78. The summed E-state index contributed by atoms with van der Waals surface area (Å²) in [5.41, 5.74) is 0.107. The van der Waals surface area contributed by atoms with E-state index in [4.69, 9.17) is 9.47 Å². The Kier molecular flexibility index (Phi) is 4.38. The maximum Gasteiger partial charge on any atom is 0.289 e. The van der Waals surface area contributed by atoms with Crippen LogP contribution in [0.1, 0.15) is 10.4 Å². The average molecular weight is 238 g/mol. The van der Waals surface area contributed by atoms with Gasteiger partial charge in [0.25, 0.3) is 5.91 Å². The van der Waals surface area contributed by atoms with Crippen molar-refractivity contribution in [2.24, 2.45) is 4.99 Å². The lowest BCUT2D eigenvalue weighted by molar-refractivity contribution is 0.0994. The highest BCUT2D eigenvalue weighted by Gasteiger charge is 2.20. The molecule has 0 unspecified atom stereocenters. The number of aromatic nitrogens is 2. The largest absolute Gasteiger partial charge is 0.480 e. The molecule has 0 aromatic carbocycles. The molecule has 17 heavy (non-hydrogen) atoms. The number of aliphatic imine (C=N–C) groups is 1. The molecule has 0 radical (unpaired) electrons. The van der Waals surface area contributed by atoms with Gasteiger partial charge in [0.2, 0.25) is 11.8 Å². The molecule has 0 aliphatic heterocycles. The Morgan fingerprint density at radius 2 is 1.82 bits per heavy atom. The minimum absolute atomic E-state index is 0.107. The lowest BCUT2D eigenvalue weighted by Gasteiger charge is -2.08. The molecular weight excluding hydrogens is 224 g/mol. The van der Waals surface area contributed by atoms with Crippen molar-refractivity contribution in [1.29, 1.82) is 0 Å². The third-order valence-electron chi connectivity index (χ3n) is 1.78. The van der Waals surface area contributed by atoms with Crippen LogP contribution in [0.4, 0.5) is 0 Å². The third-order valence-corrected chi connectivity index (χ3v) is 1.78. The molecular formula is C10H14N4O3. The Bertz CT molecular complexity index is 409. The number of carbonyl (C=O) groups excluding carboxylic acids is 1. The van der Waals surface area contributed by atoms with E-state index in [9.17, 15) is 4.79 Å². The summed E-state index contributed by atoms with van der Waals surface area (Å²) in [5, 5.41) is 0. The number of carbonyl (C=O) groups is 1. The lowest BCUT2D eigenvalue weighted by Crippen LogP contribution is -2.11. The summed E-state index contributed by atoms with van der Waals surface area (Å²) in [6.45, 7) is 0. The zero-order valence-electron chi connectivity index (χ0n) is 10.2. The minimum atomic E-state index is -0.520. The van der Waals surface area contributed by atoms with Gasteiger partial charge >= 0.3 is 0 Å². The van der Waals surface area contributed by atoms with Gasteiger partial charge in [-0.3, -0.25) is 4.79 Å². The molecule has 0 saturated heterocycles. The quantitative estimate of drug-likeness (QED) is 0.551. The molecule has 0 aliphatic carbocycles. The molecule has 1 aromatic rings. The van der Waals surface area contributed by atoms with Crippen LogP contribution in [0.15, 0.2) is 11.3 Å². The Labute approximate surface area is 99.1 Å². The standard InChI is InChI=1S/C10H14N4O3/c1-14(2)6-13-8(15)7-9(16-3)11-5-12-10(7)17-4/h5-6H,1-4H3. The molecule has 0 saturated carbocycles. The van der Waals surface area contributed by atoms with Crippen molar-refractivity contribution in [3.63, 3.8) is 0 Å². The van der Waals surface area contributed by atoms with Crippen LogP contribution in [0.2, 0.25) is 0 Å². The Hall–Kier alpha value is -2.18. The molecule has 7 nitrogen and oxygen atoms in total. The molecule has 1 heterocycles. The molecule has 1 aromatic heterocycles. The number of methoxy groups -OCH3 is 2. The van der Waals surface area contributed by atoms with Gasteiger partial charge < -0.3 is 14.4 Å². The minimum Gasteiger partial charge on any atom is -0.480 e. The number of hydrogen-bond donors (Lipinski definition) is 0. The number of amides is 1. The summed E-state index contributed by atoms with van der Waals surface area (Å²) in [6.07, 6.45) is 2.64. The molecule has 0 atom stereocenters. The molecule has 0 spiro atoms. The normalized spacial score (nSPS) is 10.4. The zero-order valence-corrected chi connectivity index (χ0v) is 10.2. The van der Waals surface area contributed by atoms with Crippen molar-refractivity contribution in [2.75, 3.05) is 28.3 Å². The van der Waals surface area contributed by atoms with Crippen molar-refractivity contribution in [1.82, 2.24) is 14.9 Å². The van der Waals surface area contributed by atoms with E-state index in [0.717, 1.165) is 0 Å². The van der Waals surface area contributed by atoms with Crippen LogP contribution in [0.3, 0.4) is 0 Å². The first kappa shape index (κ1) is 12.9. The van der Waals surface area contributed by atoms with Crippen LogP contribution >= 0.6 is 0 Å². The van der Waals surface area contributed by atoms with Crippen LogP contribution in [-0.2, 0) is 0 Å². The molecule has 1 amide bonds. The molecule has 0 N–H and O–H groups in total. The van der Waals surface area contributed by atoms with Gasteiger partial charge in [0, 0.05) is 14.1 Å². The number of rotatable bonds is 4. The monoisotopic (exact) mass is 238 g/mol. The van der Waals surface area contributed by atoms with Crippen molar-refractivity contribution in [3.8, 4) is 11.8 Å². The van der Waals surface area contributed by atoms with Crippen molar-refractivity contribution < 1.29 is 14.3 Å². The van der Waals surface area contributed by atoms with E-state index in [-0.39, 0.29) is 17.3 Å². The van der Waals surface area contributed by atoms with E-state index in [2.05, 4.69) is 15.0 Å². The SMILES string of the molecule is COc1ncnc(OC)c1C(=O)N=CN(C)C. The molecule has 1 rings (SSSR count). The van der Waals surface area contributed by atoms with E-state index in [0.29, 0.717) is 0 Å². The number of ether oxygens (including phenoxy) is 2. The summed E-state index contributed by atoms with van der Waals surface area (Å²) in [4.78, 5) is 24.9. The van der Waals surface area contributed by atoms with Crippen LogP contribution in [-0.4, -0.2) is 55.4 Å². The lowest BCUT2D eigenvalue weighted by atomic mass is 10.3. The highest BCUT2D eigenvalue weighted by atomic mass is 16.5. The van der Waals surface area contributed by atoms with E-state index in [1.54, 1.807) is 19.0 Å². The summed E-state index contributed by atoms with van der Waals surface area (Å²) in [7, 11) is 6.34. The maximum absolute atomic E-state index is 11.8. The van der Waals surface area contributed by atoms with E-state index in [1.807, 2.05) is 0 Å². The Balaban J connectivity index is 3.14. The zero-order chi connectivity index (χ0) is 12.8. The summed E-state index contributed by atoms with van der Waals surface area (Å²) in [5.74, 6) is -0.247. The predicted molar refractivity (Wildman–Crippen MR) is 61.6 cm³/mol. The fourth-order valence-electron chi connectivity index (χ4n) is 1.08. The number of nitrogens with zero attached hydrogens (tertiary/aromatic N) is 4. The molecule has 7 heteroatoms. The fourth-order valence-corrected chi connectivity index (χ4v) is 1.08. The maximum atomic E-state index is 11.8. The highest BCUT2D eigenvalue weighted by molar-refractivity contribution is 6.02. The van der Waals surface area contributed by atoms with Gasteiger partial charge in [-0.1, -0.05) is 0 Å². The predicted octanol–water partition coefficient (Wildman–Crippen LogP) is 0.224. The fraction of sp³-hybridized carbons (Fsp3) is 0.400. The summed E-state index contributed by atoms with van der Waals surface area (Å²) >= 11 is 0. The van der Waals surface area contributed by atoms with Gasteiger partial charge in [-0.15, -0.1) is 0 Å². The van der Waals surface area contributed by atoms with Gasteiger partial charge in [0.15, 0.2) is 5.56 Å². The second kappa shape index (κ2) is 5.78. The van der Waals surface area contributed by atoms with Gasteiger partial charge in [-0.05, 0) is 0 Å². The first-order chi connectivity index (χ1) is 8.10. The molecule has 0 fully saturated rings. The Morgan fingerprint density at radius 1 is 1.29 bits per heavy atom. The van der Waals surface area contributed by atoms with Crippen molar-refractivity contribution >= 4 is 12.2 Å². The van der Waals surface area contributed by atoms with E-state index >= 15 is 0 Å². The second-order valence-corrected chi connectivity index (χ2v) is 3.28. The molecule has 0 aliphatic rings. The van der Waals surface area contributed by atoms with Gasteiger partial charge in [0.05, 0.1) is 20.6 Å². The average Bonchev–Trinajstić information content (AvgIpc) is 2.34. The topological polar surface area (TPSA) is 76.9 Å². The van der Waals surface area contributed by atoms with Crippen LogP contribution in [0.25, 0.3) is 0 Å². The smallest absolute Gasteiger partial charge is 0.289 e. The van der Waals surface area contributed by atoms with Gasteiger partial charge in [-0.2, -0.15) is 4.99 Å². The third kappa shape index (κ3) is 3.13. The number of hydrogen-bond acceptors (Lipinski definition) is 5. The summed E-state index contributed by atoms with van der Waals surface area (Å²) < 4.78 is 9.95. The van der Waals surface area contributed by atoms with Crippen LogP contribution in [0, 0.1) is 0 Å². The van der Waals surface area contributed by atoms with Crippen LogP contribution in [0.5, 0.6) is 11.8 Å². The van der Waals surface area contributed by atoms with E-state index in [1.165, 1.54) is 26.9 Å². The van der Waals surface area contributed by atoms with Crippen molar-refractivity contribution in [3.05, 3.63) is 11.9 Å². The van der Waals surface area contributed by atoms with Gasteiger partial charge in [0.1, 0.15) is 6.33 Å². The van der Waals surface area contributed by atoms with Crippen molar-refractivity contribution in [2.45, 2.75) is 0 Å². The van der Waals surface area contributed by atoms with Gasteiger partial charge in [-0.25, -0.2) is 9.97 Å². The summed E-state index contributed by atoms with van der Waals surface area (Å²) in [6, 6.07) is 0. The molecule has 0 bridgehead atoms. The first-order valence-electron chi connectivity index (χ1n) is 4.78. The Morgan fingerprint density at radius 3 is 2.24 bits per heavy atom. The second-order valence-electron chi connectivity index (χ2n) is 3.28.